The Morgan fingerprint density at radius 3 is 2.34 bits per heavy atom. The first-order valence-electron chi connectivity index (χ1n) is 13.1. The van der Waals surface area contributed by atoms with E-state index in [1.807, 2.05) is 43.9 Å². The highest BCUT2D eigenvalue weighted by atomic mass is 19.1. The summed E-state index contributed by atoms with van der Waals surface area (Å²) in [6, 6.07) is 18.9. The molecule has 0 bridgehead atoms. The van der Waals surface area contributed by atoms with E-state index < -0.39 is 6.10 Å². The summed E-state index contributed by atoms with van der Waals surface area (Å²) in [6.07, 6.45) is 0.917. The third kappa shape index (κ3) is 6.33. The second-order valence-electron chi connectivity index (χ2n) is 9.98. The number of hydrogen-bond acceptors (Lipinski definition) is 4. The number of carbonyl (C=O) groups excluding carboxylic acids is 2. The summed E-state index contributed by atoms with van der Waals surface area (Å²) < 4.78 is 25.1. The molecule has 1 heterocycles. The van der Waals surface area contributed by atoms with Gasteiger partial charge in [0.15, 0.2) is 6.10 Å². The Bertz CT molecular complexity index is 1260. The van der Waals surface area contributed by atoms with Crippen LogP contribution in [0.2, 0.25) is 0 Å². The Labute approximate surface area is 223 Å². The fraction of sp³-hybridized carbons (Fsp3) is 0.355. The van der Waals surface area contributed by atoms with Crippen molar-refractivity contribution in [3.05, 3.63) is 89.2 Å². The van der Waals surface area contributed by atoms with E-state index in [1.165, 1.54) is 12.1 Å². The highest BCUT2D eigenvalue weighted by molar-refractivity contribution is 5.94. The van der Waals surface area contributed by atoms with Crippen molar-refractivity contribution in [2.24, 2.45) is 5.92 Å². The number of nitrogens with zero attached hydrogens (tertiary/aromatic N) is 1. The number of benzene rings is 3. The summed E-state index contributed by atoms with van der Waals surface area (Å²) in [5.41, 5.74) is 3.53. The molecule has 2 atom stereocenters. The summed E-state index contributed by atoms with van der Waals surface area (Å²) >= 11 is 0. The first kappa shape index (κ1) is 27.2. The maximum Gasteiger partial charge on any atom is 0.265 e. The first-order chi connectivity index (χ1) is 18.3. The van der Waals surface area contributed by atoms with Gasteiger partial charge in [-0.1, -0.05) is 39.0 Å². The summed E-state index contributed by atoms with van der Waals surface area (Å²) in [4.78, 5) is 28.1. The molecule has 3 aromatic rings. The Hall–Kier alpha value is -3.87. The average molecular weight is 519 g/mol. The maximum absolute atomic E-state index is 13.7. The van der Waals surface area contributed by atoms with Crippen LogP contribution in [0.25, 0.3) is 0 Å². The molecule has 0 saturated carbocycles. The maximum atomic E-state index is 13.7. The van der Waals surface area contributed by atoms with Crippen LogP contribution in [0.3, 0.4) is 0 Å². The number of methoxy groups -OCH3 is 1. The largest absolute Gasteiger partial charge is 0.497 e. The van der Waals surface area contributed by atoms with Crippen LogP contribution in [-0.2, 0) is 16.0 Å². The number of nitrogens with one attached hydrogen (secondary N) is 1. The van der Waals surface area contributed by atoms with Crippen LogP contribution in [0.4, 0.5) is 10.1 Å². The monoisotopic (exact) mass is 518 g/mol. The predicted molar refractivity (Wildman–Crippen MR) is 146 cm³/mol. The summed E-state index contributed by atoms with van der Waals surface area (Å²) in [5.74, 6) is 0.969. The Kier molecular flexibility index (Phi) is 8.66. The normalized spacial score (nSPS) is 15.5. The van der Waals surface area contributed by atoms with Gasteiger partial charge in [0.05, 0.1) is 13.2 Å². The minimum absolute atomic E-state index is 0.0663. The third-order valence-electron chi connectivity index (χ3n) is 6.73. The van der Waals surface area contributed by atoms with Gasteiger partial charge in [0.25, 0.3) is 5.91 Å². The fourth-order valence-corrected chi connectivity index (χ4v) is 4.79. The second-order valence-corrected chi connectivity index (χ2v) is 9.98. The SMILES string of the molecule is CCC(Oc1ccc2c(c1)C(c1ccc(F)cc1)N(C(=O)CC(C)C)CC2)C(=O)Nc1ccc(OC)cc1. The molecule has 0 radical (unpaired) electrons. The minimum Gasteiger partial charge on any atom is -0.497 e. The van der Waals surface area contributed by atoms with E-state index in [4.69, 9.17) is 9.47 Å². The standard InChI is InChI=1S/C31H35FN2O4/c1-5-28(31(36)33-24-11-14-25(37-4)15-12-24)38-26-13-8-21-16-17-34(29(35)18-20(2)3)30(27(21)19-26)22-6-9-23(32)10-7-22/h6-15,19-20,28,30H,5,16-18H2,1-4H3,(H,33,36). The van der Waals surface area contributed by atoms with Crippen molar-refractivity contribution in [1.82, 2.24) is 4.90 Å². The van der Waals surface area contributed by atoms with Crippen molar-refractivity contribution in [1.29, 1.82) is 0 Å². The van der Waals surface area contributed by atoms with Gasteiger partial charge in [-0.3, -0.25) is 9.59 Å². The molecule has 0 spiro atoms. The average Bonchev–Trinajstić information content (AvgIpc) is 2.91. The lowest BCUT2D eigenvalue weighted by Crippen LogP contribution is -2.41. The number of halogens is 1. The zero-order valence-electron chi connectivity index (χ0n) is 22.4. The van der Waals surface area contributed by atoms with E-state index in [0.29, 0.717) is 43.0 Å². The van der Waals surface area contributed by atoms with Crippen molar-refractivity contribution in [3.63, 3.8) is 0 Å². The van der Waals surface area contributed by atoms with E-state index in [0.717, 1.165) is 16.7 Å². The molecule has 6 nitrogen and oxygen atoms in total. The lowest BCUT2D eigenvalue weighted by Gasteiger charge is -2.38. The minimum atomic E-state index is -0.707. The Balaban J connectivity index is 1.60. The van der Waals surface area contributed by atoms with Crippen LogP contribution in [0, 0.1) is 11.7 Å². The molecule has 3 aromatic carbocycles. The smallest absolute Gasteiger partial charge is 0.265 e. The van der Waals surface area contributed by atoms with Crippen LogP contribution >= 0.6 is 0 Å². The molecule has 200 valence electrons. The Morgan fingerprint density at radius 2 is 1.71 bits per heavy atom. The molecule has 4 rings (SSSR count). The number of fused-ring (bicyclic) bond motifs is 1. The topological polar surface area (TPSA) is 67.9 Å². The van der Waals surface area contributed by atoms with E-state index in [2.05, 4.69) is 5.32 Å². The molecule has 1 aliphatic rings. The number of anilines is 1. The van der Waals surface area contributed by atoms with Crippen LogP contribution in [0.1, 0.15) is 56.3 Å². The number of amides is 2. The van der Waals surface area contributed by atoms with Crippen molar-refractivity contribution in [2.45, 2.75) is 52.2 Å². The first-order valence-corrected chi connectivity index (χ1v) is 13.1. The lowest BCUT2D eigenvalue weighted by atomic mass is 9.87. The quantitative estimate of drug-likeness (QED) is 0.369. The molecule has 2 unspecified atom stereocenters. The van der Waals surface area contributed by atoms with Crippen LogP contribution in [-0.4, -0.2) is 36.5 Å². The zero-order valence-corrected chi connectivity index (χ0v) is 22.4. The molecule has 1 N–H and O–H groups in total. The van der Waals surface area contributed by atoms with Crippen LogP contribution in [0.5, 0.6) is 11.5 Å². The highest BCUT2D eigenvalue weighted by Gasteiger charge is 2.33. The van der Waals surface area contributed by atoms with Crippen molar-refractivity contribution >= 4 is 17.5 Å². The number of rotatable bonds is 9. The summed E-state index contributed by atoms with van der Waals surface area (Å²) in [7, 11) is 1.59. The van der Waals surface area contributed by atoms with Crippen molar-refractivity contribution < 1.29 is 23.5 Å². The molecule has 7 heteroatoms. The number of hydrogen-bond donors (Lipinski definition) is 1. The molecule has 38 heavy (non-hydrogen) atoms. The molecule has 0 aliphatic carbocycles. The van der Waals surface area contributed by atoms with Crippen molar-refractivity contribution in [3.8, 4) is 11.5 Å². The molecule has 0 aromatic heterocycles. The second kappa shape index (κ2) is 12.1. The van der Waals surface area contributed by atoms with Gasteiger partial charge in [0, 0.05) is 18.7 Å². The van der Waals surface area contributed by atoms with Gasteiger partial charge in [-0.25, -0.2) is 4.39 Å². The fourth-order valence-electron chi connectivity index (χ4n) is 4.79. The molecule has 0 saturated heterocycles. The molecular weight excluding hydrogens is 483 g/mol. The van der Waals surface area contributed by atoms with Gasteiger partial charge in [0.1, 0.15) is 17.3 Å². The van der Waals surface area contributed by atoms with Gasteiger partial charge in [0.2, 0.25) is 5.91 Å². The zero-order chi connectivity index (χ0) is 27.2. The third-order valence-corrected chi connectivity index (χ3v) is 6.73. The number of ether oxygens (including phenoxy) is 2. The van der Waals surface area contributed by atoms with Gasteiger partial charge in [-0.15, -0.1) is 0 Å². The lowest BCUT2D eigenvalue weighted by molar-refractivity contribution is -0.134. The van der Waals surface area contributed by atoms with E-state index in [1.54, 1.807) is 43.5 Å². The van der Waals surface area contributed by atoms with Gasteiger partial charge >= 0.3 is 0 Å². The number of carbonyl (C=O) groups is 2. The molecular formula is C31H35FN2O4. The Morgan fingerprint density at radius 1 is 1.03 bits per heavy atom. The van der Waals surface area contributed by atoms with E-state index >= 15 is 0 Å². The van der Waals surface area contributed by atoms with Crippen molar-refractivity contribution in [2.75, 3.05) is 19.0 Å². The highest BCUT2D eigenvalue weighted by Crippen LogP contribution is 2.38. The molecule has 2 amide bonds. The molecule has 0 fully saturated rings. The van der Waals surface area contributed by atoms with Crippen LogP contribution < -0.4 is 14.8 Å². The summed E-state index contributed by atoms with van der Waals surface area (Å²) in [6.45, 7) is 6.53. The predicted octanol–water partition coefficient (Wildman–Crippen LogP) is 6.15. The van der Waals surface area contributed by atoms with Gasteiger partial charge in [-0.2, -0.15) is 0 Å². The van der Waals surface area contributed by atoms with E-state index in [-0.39, 0.29) is 29.6 Å². The van der Waals surface area contributed by atoms with Gasteiger partial charge < -0.3 is 19.7 Å². The summed E-state index contributed by atoms with van der Waals surface area (Å²) in [5, 5.41) is 2.90. The van der Waals surface area contributed by atoms with Gasteiger partial charge in [-0.05, 0) is 84.0 Å². The molecule has 1 aliphatic heterocycles. The van der Waals surface area contributed by atoms with Crippen LogP contribution in [0.15, 0.2) is 66.7 Å². The van der Waals surface area contributed by atoms with E-state index in [9.17, 15) is 14.0 Å².